The van der Waals surface area contributed by atoms with Crippen molar-refractivity contribution in [3.05, 3.63) is 77.0 Å². The molecule has 2 aliphatic rings. The van der Waals surface area contributed by atoms with Gasteiger partial charge in [0.1, 0.15) is 6.54 Å². The molecule has 5 rings (SSSR count). The summed E-state index contributed by atoms with van der Waals surface area (Å²) in [5.74, 6) is -0.371. The number of hydrogen-bond acceptors (Lipinski definition) is 5. The molecule has 2 amide bonds. The molecule has 1 unspecified atom stereocenters. The molecule has 200 valence electrons. The van der Waals surface area contributed by atoms with Crippen LogP contribution in [0.25, 0.3) is 17.0 Å². The zero-order valence-corrected chi connectivity index (χ0v) is 21.7. The molecule has 38 heavy (non-hydrogen) atoms. The van der Waals surface area contributed by atoms with Crippen LogP contribution in [-0.2, 0) is 29.0 Å². The first-order valence-electron chi connectivity index (χ1n) is 13.5. The Labute approximate surface area is 223 Å². The summed E-state index contributed by atoms with van der Waals surface area (Å²) in [4.78, 5) is 28.5. The van der Waals surface area contributed by atoms with Crippen LogP contribution in [0, 0.1) is 0 Å². The second-order valence-electron chi connectivity index (χ2n) is 10.2. The first-order chi connectivity index (χ1) is 18.6. The summed E-state index contributed by atoms with van der Waals surface area (Å²) in [5, 5.41) is 19.7. The van der Waals surface area contributed by atoms with E-state index in [-0.39, 0.29) is 18.6 Å². The van der Waals surface area contributed by atoms with E-state index >= 15 is 0 Å². The number of rotatable bonds is 10. The number of para-hydroxylation sites is 1. The van der Waals surface area contributed by atoms with Gasteiger partial charge in [0.2, 0.25) is 5.91 Å². The highest BCUT2D eigenvalue weighted by Crippen LogP contribution is 2.36. The number of hydroxylamine groups is 1. The average molecular weight is 517 g/mol. The quantitative estimate of drug-likeness (QED) is 0.218. The van der Waals surface area contributed by atoms with Crippen LogP contribution in [0.15, 0.2) is 54.7 Å². The molecule has 0 radical (unpaired) electrons. The van der Waals surface area contributed by atoms with Crippen LogP contribution >= 0.6 is 0 Å². The lowest BCUT2D eigenvalue weighted by Gasteiger charge is -2.29. The maximum absolute atomic E-state index is 12.9. The molecule has 1 aliphatic heterocycles. The highest BCUT2D eigenvalue weighted by molar-refractivity contribution is 5.90. The molecule has 8 heteroatoms. The van der Waals surface area contributed by atoms with Gasteiger partial charge in [0, 0.05) is 55.4 Å². The monoisotopic (exact) mass is 516 g/mol. The Morgan fingerprint density at radius 3 is 2.71 bits per heavy atom. The van der Waals surface area contributed by atoms with Crippen LogP contribution < -0.4 is 5.48 Å². The van der Waals surface area contributed by atoms with Gasteiger partial charge in [-0.2, -0.15) is 0 Å². The number of nitrogens with zero attached hydrogens (tertiary/aromatic N) is 3. The first-order valence-corrected chi connectivity index (χ1v) is 13.5. The molecule has 3 N–H and O–H groups in total. The fraction of sp³-hybridized carbons (Fsp3) is 0.400. The zero-order valence-electron chi connectivity index (χ0n) is 21.7. The van der Waals surface area contributed by atoms with Crippen LogP contribution in [0.3, 0.4) is 0 Å². The van der Waals surface area contributed by atoms with E-state index in [1.54, 1.807) is 11.6 Å². The second-order valence-corrected chi connectivity index (χ2v) is 10.2. The van der Waals surface area contributed by atoms with Crippen LogP contribution in [-0.4, -0.2) is 69.3 Å². The number of aromatic nitrogens is 1. The van der Waals surface area contributed by atoms with Crippen LogP contribution in [0.5, 0.6) is 0 Å². The number of aliphatic hydroxyl groups excluding tert-OH is 1. The van der Waals surface area contributed by atoms with Crippen molar-refractivity contribution in [2.24, 2.45) is 0 Å². The zero-order chi connectivity index (χ0) is 26.5. The number of carbonyl (C=O) groups is 2. The van der Waals surface area contributed by atoms with E-state index in [1.165, 1.54) is 28.2 Å². The van der Waals surface area contributed by atoms with Gasteiger partial charge in [-0.15, -0.1) is 0 Å². The highest BCUT2D eigenvalue weighted by Gasteiger charge is 2.28. The van der Waals surface area contributed by atoms with Crippen LogP contribution in [0.1, 0.15) is 47.6 Å². The predicted molar refractivity (Wildman–Crippen MR) is 147 cm³/mol. The molecular weight excluding hydrogens is 480 g/mol. The molecular formula is C30H36N4O4. The summed E-state index contributed by atoms with van der Waals surface area (Å²) < 4.78 is 2.10. The van der Waals surface area contributed by atoms with Crippen molar-refractivity contribution >= 4 is 28.8 Å². The summed E-state index contributed by atoms with van der Waals surface area (Å²) in [6, 6.07) is 14.7. The van der Waals surface area contributed by atoms with Gasteiger partial charge in [-0.1, -0.05) is 36.4 Å². The number of carbonyl (C=O) groups excluding carboxylic acids is 2. The lowest BCUT2D eigenvalue weighted by Crippen LogP contribution is -2.32. The molecule has 0 bridgehead atoms. The average Bonchev–Trinajstić information content (AvgIpc) is 3.69. The number of hydrogen-bond donors (Lipinski definition) is 3. The molecule has 1 aliphatic carbocycles. The molecule has 2 aromatic carbocycles. The predicted octanol–water partition coefficient (Wildman–Crippen LogP) is 3.31. The molecule has 2 heterocycles. The number of aliphatic hydroxyl groups is 1. The maximum Gasteiger partial charge on any atom is 0.267 e. The van der Waals surface area contributed by atoms with Gasteiger partial charge in [-0.05, 0) is 66.5 Å². The fourth-order valence-corrected chi connectivity index (χ4v) is 5.99. The largest absolute Gasteiger partial charge is 0.395 e. The number of fused-ring (bicyclic) bond motifs is 2. The van der Waals surface area contributed by atoms with E-state index in [4.69, 9.17) is 5.21 Å². The standard InChI is InChI=1S/C30H36N4O4/c35-18-17-32(28-11-9-23-19-22(7-10-26(23)28)8-12-29(36)31-38)16-13-24-20-34(27-6-2-1-5-25(24)27)21-30(37)33-14-3-4-15-33/h1-2,5-8,10,12,19-20,28,35,38H,3-4,9,11,13-18,21H2,(H,31,36). The van der Waals surface area contributed by atoms with Crippen molar-refractivity contribution in [3.63, 3.8) is 0 Å². The number of likely N-dealkylation sites (tertiary alicyclic amines) is 1. The van der Waals surface area contributed by atoms with Gasteiger partial charge in [0.15, 0.2) is 0 Å². The van der Waals surface area contributed by atoms with Crippen molar-refractivity contribution in [3.8, 4) is 0 Å². The molecule has 8 nitrogen and oxygen atoms in total. The molecule has 3 aromatic rings. The minimum absolute atomic E-state index is 0.0923. The SMILES string of the molecule is O=C(C=Cc1ccc2c(c1)CCC2N(CCO)CCc1cn(CC(=O)N2CCCC2)c2ccccc12)NO. The van der Waals surface area contributed by atoms with E-state index in [1.807, 2.05) is 23.1 Å². The van der Waals surface area contributed by atoms with E-state index in [0.717, 1.165) is 62.8 Å². The summed E-state index contributed by atoms with van der Waals surface area (Å²) in [5.41, 5.74) is 7.35. The van der Waals surface area contributed by atoms with Gasteiger partial charge in [-0.25, -0.2) is 5.48 Å². The van der Waals surface area contributed by atoms with Gasteiger partial charge in [0.25, 0.3) is 5.91 Å². The van der Waals surface area contributed by atoms with E-state index in [2.05, 4.69) is 39.9 Å². The van der Waals surface area contributed by atoms with Crippen LogP contribution in [0.2, 0.25) is 0 Å². The number of aryl methyl sites for hydroxylation is 1. The van der Waals surface area contributed by atoms with Gasteiger partial charge in [-0.3, -0.25) is 19.7 Å². The Morgan fingerprint density at radius 2 is 1.92 bits per heavy atom. The Balaban J connectivity index is 1.31. The number of amides is 2. The summed E-state index contributed by atoms with van der Waals surface area (Å²) >= 11 is 0. The van der Waals surface area contributed by atoms with Gasteiger partial charge < -0.3 is 14.6 Å². The third kappa shape index (κ3) is 5.67. The third-order valence-electron chi connectivity index (χ3n) is 7.88. The molecule has 1 fully saturated rings. The minimum atomic E-state index is -0.556. The molecule has 1 aromatic heterocycles. The molecule has 0 saturated carbocycles. The second kappa shape index (κ2) is 11.9. The lowest BCUT2D eigenvalue weighted by atomic mass is 10.0. The maximum atomic E-state index is 12.9. The van der Waals surface area contributed by atoms with Gasteiger partial charge >= 0.3 is 0 Å². The van der Waals surface area contributed by atoms with E-state index in [0.29, 0.717) is 13.1 Å². The van der Waals surface area contributed by atoms with E-state index < -0.39 is 5.91 Å². The third-order valence-corrected chi connectivity index (χ3v) is 7.88. The normalized spacial score (nSPS) is 17.1. The van der Waals surface area contributed by atoms with E-state index in [9.17, 15) is 14.7 Å². The first kappa shape index (κ1) is 26.2. The summed E-state index contributed by atoms with van der Waals surface area (Å²) in [6.07, 6.45) is 10.1. The van der Waals surface area contributed by atoms with Crippen molar-refractivity contribution < 1.29 is 19.9 Å². The molecule has 0 spiro atoms. The Hall–Kier alpha value is -3.46. The highest BCUT2D eigenvalue weighted by atomic mass is 16.5. The van der Waals surface area contributed by atoms with Crippen molar-refractivity contribution in [2.45, 2.75) is 44.7 Å². The Bertz CT molecular complexity index is 1330. The summed E-state index contributed by atoms with van der Waals surface area (Å²) in [7, 11) is 0. The lowest BCUT2D eigenvalue weighted by molar-refractivity contribution is -0.130. The number of nitrogens with one attached hydrogen (secondary N) is 1. The topological polar surface area (TPSA) is 98.0 Å². The summed E-state index contributed by atoms with van der Waals surface area (Å²) in [6.45, 7) is 3.58. The Morgan fingerprint density at radius 1 is 1.11 bits per heavy atom. The van der Waals surface area contributed by atoms with Crippen LogP contribution in [0.4, 0.5) is 0 Å². The van der Waals surface area contributed by atoms with Crippen molar-refractivity contribution in [1.29, 1.82) is 0 Å². The van der Waals surface area contributed by atoms with Crippen molar-refractivity contribution in [1.82, 2.24) is 19.8 Å². The minimum Gasteiger partial charge on any atom is -0.395 e. The molecule has 1 atom stereocenters. The smallest absolute Gasteiger partial charge is 0.267 e. The Kier molecular flexibility index (Phi) is 8.22. The van der Waals surface area contributed by atoms with Gasteiger partial charge in [0.05, 0.1) is 6.61 Å². The molecule has 1 saturated heterocycles. The van der Waals surface area contributed by atoms with Crippen molar-refractivity contribution in [2.75, 3.05) is 32.8 Å². The fourth-order valence-electron chi connectivity index (χ4n) is 5.99. The number of benzene rings is 2.